The highest BCUT2D eigenvalue weighted by Crippen LogP contribution is 2.52. The van der Waals surface area contributed by atoms with Crippen molar-refractivity contribution in [2.45, 2.75) is 58.9 Å². The number of piperidine rings is 1. The molecule has 18 heavy (non-hydrogen) atoms. The van der Waals surface area contributed by atoms with Crippen LogP contribution in [0.3, 0.4) is 0 Å². The molecule has 2 aliphatic rings. The first-order valence-electron chi connectivity index (χ1n) is 7.61. The summed E-state index contributed by atoms with van der Waals surface area (Å²) in [6.07, 6.45) is 5.88. The van der Waals surface area contributed by atoms with Gasteiger partial charge in [0, 0.05) is 13.1 Å². The van der Waals surface area contributed by atoms with E-state index in [0.717, 1.165) is 38.9 Å². The third-order valence-corrected chi connectivity index (χ3v) is 4.79. The first kappa shape index (κ1) is 13.9. The van der Waals surface area contributed by atoms with Gasteiger partial charge in [0.25, 0.3) is 0 Å². The molecule has 1 atom stereocenters. The maximum atomic E-state index is 12.4. The Morgan fingerprint density at radius 3 is 2.72 bits per heavy atom. The highest BCUT2D eigenvalue weighted by atomic mass is 16.2. The van der Waals surface area contributed by atoms with E-state index in [0.29, 0.717) is 17.2 Å². The minimum absolute atomic E-state index is 0.0849. The summed E-state index contributed by atoms with van der Waals surface area (Å²) in [5.41, 5.74) is 0.447. The van der Waals surface area contributed by atoms with Crippen molar-refractivity contribution in [3.05, 3.63) is 0 Å². The maximum Gasteiger partial charge on any atom is 0.239 e. The number of rotatable bonds is 6. The largest absolute Gasteiger partial charge is 0.341 e. The van der Waals surface area contributed by atoms with Gasteiger partial charge in [0.2, 0.25) is 5.91 Å². The number of hydrogen-bond acceptors (Lipinski definition) is 2. The van der Waals surface area contributed by atoms with E-state index in [1.807, 2.05) is 0 Å². The van der Waals surface area contributed by atoms with Crippen molar-refractivity contribution in [2.75, 3.05) is 19.6 Å². The van der Waals surface area contributed by atoms with Crippen molar-refractivity contribution in [2.24, 2.45) is 11.3 Å². The van der Waals surface area contributed by atoms with E-state index in [-0.39, 0.29) is 6.04 Å². The molecule has 3 nitrogen and oxygen atoms in total. The quantitative estimate of drug-likeness (QED) is 0.787. The molecule has 1 unspecified atom stereocenters. The van der Waals surface area contributed by atoms with Gasteiger partial charge in [-0.15, -0.1) is 0 Å². The number of amides is 1. The molecule has 0 aromatic rings. The second kappa shape index (κ2) is 5.60. The van der Waals surface area contributed by atoms with Crippen LogP contribution in [0, 0.1) is 11.3 Å². The van der Waals surface area contributed by atoms with Gasteiger partial charge in [-0.3, -0.25) is 4.79 Å². The predicted molar refractivity (Wildman–Crippen MR) is 74.4 cm³/mol. The summed E-state index contributed by atoms with van der Waals surface area (Å²) in [5, 5.41) is 3.40. The Labute approximate surface area is 111 Å². The van der Waals surface area contributed by atoms with E-state index >= 15 is 0 Å². The summed E-state index contributed by atoms with van der Waals surface area (Å²) in [4.78, 5) is 14.6. The Balaban J connectivity index is 1.90. The minimum Gasteiger partial charge on any atom is -0.341 e. The van der Waals surface area contributed by atoms with E-state index in [9.17, 15) is 4.79 Å². The van der Waals surface area contributed by atoms with Crippen molar-refractivity contribution in [1.82, 2.24) is 10.2 Å². The Hall–Kier alpha value is -0.570. The smallest absolute Gasteiger partial charge is 0.239 e. The van der Waals surface area contributed by atoms with Crippen molar-refractivity contribution in [3.8, 4) is 0 Å². The van der Waals surface area contributed by atoms with E-state index < -0.39 is 0 Å². The zero-order chi connectivity index (χ0) is 13.2. The van der Waals surface area contributed by atoms with E-state index in [2.05, 4.69) is 31.0 Å². The molecule has 1 N–H and O–H groups in total. The maximum absolute atomic E-state index is 12.4. The summed E-state index contributed by atoms with van der Waals surface area (Å²) in [6.45, 7) is 9.67. The van der Waals surface area contributed by atoms with Crippen LogP contribution in [0.4, 0.5) is 0 Å². The molecule has 0 aromatic heterocycles. The third-order valence-electron chi connectivity index (χ3n) is 4.79. The lowest BCUT2D eigenvalue weighted by atomic mass is 9.90. The summed E-state index contributed by atoms with van der Waals surface area (Å²) < 4.78 is 0. The van der Waals surface area contributed by atoms with Crippen LogP contribution in [0.5, 0.6) is 0 Å². The lowest BCUT2D eigenvalue weighted by Crippen LogP contribution is -2.52. The van der Waals surface area contributed by atoms with Crippen LogP contribution >= 0.6 is 0 Å². The Kier molecular flexibility index (Phi) is 4.31. The normalized spacial score (nSPS) is 26.8. The first-order chi connectivity index (χ1) is 8.59. The number of likely N-dealkylation sites (tertiary alicyclic amines) is 1. The van der Waals surface area contributed by atoms with Gasteiger partial charge in [0.05, 0.1) is 6.04 Å². The Morgan fingerprint density at radius 2 is 2.17 bits per heavy atom. The monoisotopic (exact) mass is 252 g/mol. The van der Waals surface area contributed by atoms with Crippen LogP contribution < -0.4 is 5.32 Å². The van der Waals surface area contributed by atoms with Crippen LogP contribution in [-0.4, -0.2) is 36.5 Å². The lowest BCUT2D eigenvalue weighted by molar-refractivity contribution is -0.137. The van der Waals surface area contributed by atoms with E-state index in [4.69, 9.17) is 0 Å². The first-order valence-corrected chi connectivity index (χ1v) is 7.61. The van der Waals surface area contributed by atoms with Gasteiger partial charge < -0.3 is 10.2 Å². The van der Waals surface area contributed by atoms with Crippen molar-refractivity contribution in [3.63, 3.8) is 0 Å². The standard InChI is InChI=1S/C15H28N2O/c1-4-9-16-13-6-5-10-17(14(13)18)11-15(7-8-15)12(2)3/h12-13,16H,4-11H2,1-3H3. The van der Waals surface area contributed by atoms with Crippen molar-refractivity contribution in [1.29, 1.82) is 0 Å². The average molecular weight is 252 g/mol. The van der Waals surface area contributed by atoms with Gasteiger partial charge in [-0.1, -0.05) is 20.8 Å². The summed E-state index contributed by atoms with van der Waals surface area (Å²) >= 11 is 0. The van der Waals surface area contributed by atoms with E-state index in [1.54, 1.807) is 0 Å². The molecule has 1 saturated carbocycles. The fourth-order valence-electron chi connectivity index (χ4n) is 3.06. The topological polar surface area (TPSA) is 32.3 Å². The van der Waals surface area contributed by atoms with Gasteiger partial charge in [0.1, 0.15) is 0 Å². The molecule has 1 heterocycles. The van der Waals surface area contributed by atoms with Gasteiger partial charge in [-0.05, 0) is 50.0 Å². The molecule has 0 spiro atoms. The molecule has 0 aromatic carbocycles. The van der Waals surface area contributed by atoms with E-state index in [1.165, 1.54) is 12.8 Å². The molecule has 1 aliphatic heterocycles. The molecular weight excluding hydrogens is 224 g/mol. The molecule has 0 bridgehead atoms. The number of nitrogens with zero attached hydrogens (tertiary/aromatic N) is 1. The second-order valence-electron chi connectivity index (χ2n) is 6.43. The van der Waals surface area contributed by atoms with Gasteiger partial charge in [-0.2, -0.15) is 0 Å². The molecule has 1 saturated heterocycles. The van der Waals surface area contributed by atoms with Gasteiger partial charge >= 0.3 is 0 Å². The molecule has 1 amide bonds. The summed E-state index contributed by atoms with van der Waals surface area (Å²) in [6, 6.07) is 0.0849. The molecule has 2 rings (SSSR count). The molecular formula is C15H28N2O. The fourth-order valence-corrected chi connectivity index (χ4v) is 3.06. The van der Waals surface area contributed by atoms with Gasteiger partial charge in [-0.25, -0.2) is 0 Å². The highest BCUT2D eigenvalue weighted by molar-refractivity contribution is 5.82. The van der Waals surface area contributed by atoms with Crippen LogP contribution in [0.25, 0.3) is 0 Å². The summed E-state index contributed by atoms with van der Waals surface area (Å²) in [5.74, 6) is 1.05. The molecule has 3 heteroatoms. The molecule has 104 valence electrons. The number of hydrogen-bond donors (Lipinski definition) is 1. The van der Waals surface area contributed by atoms with Crippen molar-refractivity contribution >= 4 is 5.91 Å². The predicted octanol–water partition coefficient (Wildman–Crippen LogP) is 2.41. The second-order valence-corrected chi connectivity index (χ2v) is 6.43. The van der Waals surface area contributed by atoms with Crippen LogP contribution in [-0.2, 0) is 4.79 Å². The number of carbonyl (C=O) groups is 1. The van der Waals surface area contributed by atoms with Crippen LogP contribution in [0.15, 0.2) is 0 Å². The minimum atomic E-state index is 0.0849. The van der Waals surface area contributed by atoms with Crippen LogP contribution in [0.2, 0.25) is 0 Å². The van der Waals surface area contributed by atoms with Crippen LogP contribution in [0.1, 0.15) is 52.9 Å². The number of nitrogens with one attached hydrogen (secondary N) is 1. The lowest BCUT2D eigenvalue weighted by Gasteiger charge is -2.36. The van der Waals surface area contributed by atoms with Gasteiger partial charge in [0.15, 0.2) is 0 Å². The Bertz CT molecular complexity index is 297. The Morgan fingerprint density at radius 1 is 1.44 bits per heavy atom. The van der Waals surface area contributed by atoms with Crippen molar-refractivity contribution < 1.29 is 4.79 Å². The SMILES string of the molecule is CCCNC1CCCN(CC2(C(C)C)CC2)C1=O. The molecule has 2 fully saturated rings. The fraction of sp³-hybridized carbons (Fsp3) is 0.933. The molecule has 1 aliphatic carbocycles. The zero-order valence-corrected chi connectivity index (χ0v) is 12.2. The number of carbonyl (C=O) groups excluding carboxylic acids is 1. The molecule has 0 radical (unpaired) electrons. The highest BCUT2D eigenvalue weighted by Gasteiger charge is 2.47. The summed E-state index contributed by atoms with van der Waals surface area (Å²) in [7, 11) is 0. The zero-order valence-electron chi connectivity index (χ0n) is 12.2. The third kappa shape index (κ3) is 2.87. The average Bonchev–Trinajstić information content (AvgIpc) is 3.11.